The summed E-state index contributed by atoms with van der Waals surface area (Å²) in [4.78, 5) is 26.2. The fourth-order valence-electron chi connectivity index (χ4n) is 3.67. The molecule has 8 nitrogen and oxygen atoms in total. The van der Waals surface area contributed by atoms with Crippen molar-refractivity contribution in [3.8, 4) is 0 Å². The van der Waals surface area contributed by atoms with Crippen molar-refractivity contribution in [1.82, 2.24) is 15.3 Å². The van der Waals surface area contributed by atoms with Crippen LogP contribution in [0, 0.1) is 6.92 Å². The molecule has 1 aromatic carbocycles. The molecule has 0 spiro atoms. The molecule has 31 heavy (non-hydrogen) atoms. The first-order valence-electron chi connectivity index (χ1n) is 10.1. The Kier molecular flexibility index (Phi) is 11.0. The van der Waals surface area contributed by atoms with Crippen molar-refractivity contribution in [3.63, 3.8) is 0 Å². The lowest BCUT2D eigenvalue weighted by atomic mass is 9.90. The summed E-state index contributed by atoms with van der Waals surface area (Å²) < 4.78 is 4.99. The highest BCUT2D eigenvalue weighted by Gasteiger charge is 2.26. The summed E-state index contributed by atoms with van der Waals surface area (Å²) in [7, 11) is 1.59. The van der Waals surface area contributed by atoms with E-state index in [4.69, 9.17) is 10.5 Å². The first-order chi connectivity index (χ1) is 14.0. The molecule has 4 N–H and O–H groups in total. The van der Waals surface area contributed by atoms with E-state index < -0.39 is 0 Å². The summed E-state index contributed by atoms with van der Waals surface area (Å²) in [6, 6.07) is 6.16. The van der Waals surface area contributed by atoms with E-state index in [1.807, 2.05) is 32.0 Å². The molecule has 1 heterocycles. The molecular weight excluding hydrogens is 439 g/mol. The van der Waals surface area contributed by atoms with Crippen LogP contribution in [0.15, 0.2) is 23.2 Å². The maximum atomic E-state index is 12.5. The number of hydrogen-bond donors (Lipinski definition) is 3. The van der Waals surface area contributed by atoms with Gasteiger partial charge < -0.3 is 21.1 Å². The fourth-order valence-corrected chi connectivity index (χ4v) is 3.67. The number of nitrogens with one attached hydrogen (secondary N) is 2. The van der Waals surface area contributed by atoms with E-state index >= 15 is 0 Å². The van der Waals surface area contributed by atoms with Crippen LogP contribution in [0.3, 0.4) is 0 Å². The van der Waals surface area contributed by atoms with Gasteiger partial charge in [0.1, 0.15) is 5.82 Å². The third kappa shape index (κ3) is 7.19. The van der Waals surface area contributed by atoms with Gasteiger partial charge in [-0.2, -0.15) is 0 Å². The Morgan fingerprint density at radius 1 is 1.26 bits per heavy atom. The summed E-state index contributed by atoms with van der Waals surface area (Å²) in [6.07, 6.45) is 4.23. The molecule has 1 fully saturated rings. The lowest BCUT2D eigenvalue weighted by Crippen LogP contribution is -2.37. The molecule has 1 aliphatic rings. The smallest absolute Gasteiger partial charge is 0.289 e. The summed E-state index contributed by atoms with van der Waals surface area (Å²) in [5.74, 6) is 1.08. The van der Waals surface area contributed by atoms with Crippen molar-refractivity contribution in [2.45, 2.75) is 51.6 Å². The van der Waals surface area contributed by atoms with Crippen molar-refractivity contribution in [2.24, 2.45) is 10.7 Å². The summed E-state index contributed by atoms with van der Waals surface area (Å²) in [5, 5.41) is 7.24. The van der Waals surface area contributed by atoms with E-state index in [9.17, 15) is 4.79 Å². The molecule has 2 atom stereocenters. The van der Waals surface area contributed by atoms with Gasteiger partial charge in [-0.1, -0.05) is 24.5 Å². The SMILES string of the molecule is COCCNC(=O)c1nc(N[C@H]2CCCC[C@H]2N=C(C)N)c2cc(C)ccc2n1.Cl.Cl. The van der Waals surface area contributed by atoms with Gasteiger partial charge in [-0.05, 0) is 38.8 Å². The van der Waals surface area contributed by atoms with Gasteiger partial charge in [-0.3, -0.25) is 9.79 Å². The van der Waals surface area contributed by atoms with Crippen molar-refractivity contribution < 1.29 is 9.53 Å². The zero-order valence-electron chi connectivity index (χ0n) is 18.2. The number of aryl methyl sites for hydroxylation is 1. The lowest BCUT2D eigenvalue weighted by molar-refractivity contribution is 0.0927. The van der Waals surface area contributed by atoms with Crippen molar-refractivity contribution in [3.05, 3.63) is 29.6 Å². The van der Waals surface area contributed by atoms with Crippen LogP contribution in [0.2, 0.25) is 0 Å². The molecule has 172 valence electrons. The number of rotatable bonds is 7. The second kappa shape index (κ2) is 12.6. The largest absolute Gasteiger partial charge is 0.388 e. The fraction of sp³-hybridized carbons (Fsp3) is 0.524. The number of aliphatic imine (C=N–C) groups is 1. The number of methoxy groups -OCH3 is 1. The summed E-state index contributed by atoms with van der Waals surface area (Å²) >= 11 is 0. The molecule has 0 radical (unpaired) electrons. The van der Waals surface area contributed by atoms with Gasteiger partial charge in [0.05, 0.1) is 24.0 Å². The minimum Gasteiger partial charge on any atom is -0.388 e. The quantitative estimate of drug-likeness (QED) is 0.325. The lowest BCUT2D eigenvalue weighted by Gasteiger charge is -2.30. The second-order valence-corrected chi connectivity index (χ2v) is 7.54. The molecule has 1 aromatic heterocycles. The number of nitrogens with zero attached hydrogens (tertiary/aromatic N) is 3. The van der Waals surface area contributed by atoms with E-state index in [1.165, 1.54) is 0 Å². The molecule has 2 aromatic rings. The molecule has 1 saturated carbocycles. The normalized spacial score (nSPS) is 18.6. The zero-order chi connectivity index (χ0) is 20.8. The molecule has 1 aliphatic carbocycles. The first-order valence-corrected chi connectivity index (χ1v) is 10.1. The van der Waals surface area contributed by atoms with Gasteiger partial charge in [0, 0.05) is 25.1 Å². The Balaban J connectivity index is 0.00000240. The average molecular weight is 471 g/mol. The van der Waals surface area contributed by atoms with Crippen molar-refractivity contribution >= 4 is 53.3 Å². The number of carbonyl (C=O) groups excluding carboxylic acids is 1. The topological polar surface area (TPSA) is 115 Å². The average Bonchev–Trinajstić information content (AvgIpc) is 2.69. The van der Waals surface area contributed by atoms with Gasteiger partial charge in [0.15, 0.2) is 0 Å². The maximum absolute atomic E-state index is 12.5. The number of amidine groups is 1. The Morgan fingerprint density at radius 2 is 2.00 bits per heavy atom. The number of fused-ring (bicyclic) bond motifs is 1. The van der Waals surface area contributed by atoms with Crippen molar-refractivity contribution in [1.29, 1.82) is 0 Å². The number of benzene rings is 1. The van der Waals surface area contributed by atoms with E-state index in [2.05, 4.69) is 25.6 Å². The molecule has 0 unspecified atom stereocenters. The molecule has 0 aliphatic heterocycles. The number of ether oxygens (including phenoxy) is 1. The van der Waals surface area contributed by atoms with Gasteiger partial charge >= 0.3 is 0 Å². The number of anilines is 1. The number of hydrogen-bond acceptors (Lipinski definition) is 6. The number of amides is 1. The number of halogens is 2. The van der Waals surface area contributed by atoms with Gasteiger partial charge in [-0.25, -0.2) is 9.97 Å². The standard InChI is InChI=1S/C21H30N6O2.2ClH/c1-13-8-9-16-15(12-13)19(27-20(25-16)21(28)23-10-11-29-3)26-18-7-5-4-6-17(18)24-14(2)22;;/h8-9,12,17-18H,4-7,10-11H2,1-3H3,(H2,22,24)(H,23,28)(H,25,26,27);2*1H/t17-,18+;;/m1../s1. The highest BCUT2D eigenvalue weighted by atomic mass is 35.5. The highest BCUT2D eigenvalue weighted by molar-refractivity contribution is 5.96. The molecule has 1 amide bonds. The number of nitrogens with two attached hydrogens (primary N) is 1. The highest BCUT2D eigenvalue weighted by Crippen LogP contribution is 2.28. The molecular formula is C21H32Cl2N6O2. The van der Waals surface area contributed by atoms with Crippen LogP contribution in [-0.4, -0.2) is 54.1 Å². The monoisotopic (exact) mass is 470 g/mol. The van der Waals surface area contributed by atoms with E-state index in [0.717, 1.165) is 42.1 Å². The van der Waals surface area contributed by atoms with E-state index in [1.54, 1.807) is 7.11 Å². The third-order valence-corrected chi connectivity index (χ3v) is 5.07. The van der Waals surface area contributed by atoms with Crippen LogP contribution in [-0.2, 0) is 4.74 Å². The van der Waals surface area contributed by atoms with Crippen molar-refractivity contribution in [2.75, 3.05) is 25.6 Å². The minimum absolute atomic E-state index is 0. The Bertz CT molecular complexity index is 905. The van der Waals surface area contributed by atoms with Crippen LogP contribution in [0.5, 0.6) is 0 Å². The van der Waals surface area contributed by atoms with Gasteiger partial charge in [-0.15, -0.1) is 24.8 Å². The van der Waals surface area contributed by atoms with Crippen LogP contribution in [0.25, 0.3) is 10.9 Å². The summed E-state index contributed by atoms with van der Waals surface area (Å²) in [6.45, 7) is 4.68. The van der Waals surface area contributed by atoms with E-state index in [0.29, 0.717) is 24.8 Å². The van der Waals surface area contributed by atoms with Gasteiger partial charge in [0.25, 0.3) is 5.91 Å². The molecule has 3 rings (SSSR count). The Labute approximate surface area is 195 Å². The number of carbonyl (C=O) groups is 1. The Hall–Kier alpha value is -2.16. The predicted molar refractivity (Wildman–Crippen MR) is 130 cm³/mol. The molecule has 0 bridgehead atoms. The second-order valence-electron chi connectivity index (χ2n) is 7.54. The van der Waals surface area contributed by atoms with E-state index in [-0.39, 0.29) is 48.6 Å². The van der Waals surface area contributed by atoms with Crippen LogP contribution >= 0.6 is 24.8 Å². The van der Waals surface area contributed by atoms with Crippen LogP contribution in [0.1, 0.15) is 48.8 Å². The minimum atomic E-state index is -0.316. The zero-order valence-corrected chi connectivity index (χ0v) is 19.8. The van der Waals surface area contributed by atoms with Gasteiger partial charge in [0.2, 0.25) is 5.82 Å². The third-order valence-electron chi connectivity index (χ3n) is 5.07. The first kappa shape index (κ1) is 26.9. The predicted octanol–water partition coefficient (Wildman–Crippen LogP) is 3.26. The summed E-state index contributed by atoms with van der Waals surface area (Å²) in [5.41, 5.74) is 7.69. The molecule has 0 saturated heterocycles. The number of aromatic nitrogens is 2. The Morgan fingerprint density at radius 3 is 2.71 bits per heavy atom. The molecule has 10 heteroatoms. The van der Waals surface area contributed by atoms with Crippen LogP contribution < -0.4 is 16.4 Å². The van der Waals surface area contributed by atoms with Crippen LogP contribution in [0.4, 0.5) is 5.82 Å². The maximum Gasteiger partial charge on any atom is 0.289 e.